The first-order valence-electron chi connectivity index (χ1n) is 10.2. The Balaban J connectivity index is 1.51. The summed E-state index contributed by atoms with van der Waals surface area (Å²) in [5.41, 5.74) is 1.82. The van der Waals surface area contributed by atoms with Crippen LogP contribution < -0.4 is 5.32 Å². The van der Waals surface area contributed by atoms with Crippen LogP contribution in [0.4, 0.5) is 0 Å². The van der Waals surface area contributed by atoms with Gasteiger partial charge in [0.2, 0.25) is 0 Å². The number of alkyl halides is 2. The van der Waals surface area contributed by atoms with E-state index in [0.29, 0.717) is 17.4 Å². The van der Waals surface area contributed by atoms with Gasteiger partial charge in [-0.1, -0.05) is 48.5 Å². The summed E-state index contributed by atoms with van der Waals surface area (Å²) >= 11 is 14.3. The second-order valence-corrected chi connectivity index (χ2v) is 10.6. The van der Waals surface area contributed by atoms with E-state index in [1.54, 1.807) is 0 Å². The molecular weight excluding hydrogens is 389 g/mol. The third kappa shape index (κ3) is 3.15. The van der Waals surface area contributed by atoms with Crippen molar-refractivity contribution in [3.8, 4) is 0 Å². The van der Waals surface area contributed by atoms with Crippen LogP contribution in [-0.4, -0.2) is 15.7 Å². The Morgan fingerprint density at radius 1 is 0.964 bits per heavy atom. The van der Waals surface area contributed by atoms with Gasteiger partial charge in [0.05, 0.1) is 10.9 Å². The first kappa shape index (κ1) is 18.5. The Labute approximate surface area is 176 Å². The maximum Gasteiger partial charge on any atom is 0.251 e. The summed E-state index contributed by atoms with van der Waals surface area (Å²) in [4.78, 5) is 12.6. The molecule has 6 rings (SSSR count). The first-order chi connectivity index (χ1) is 13.5. The van der Waals surface area contributed by atoms with E-state index in [-0.39, 0.29) is 27.6 Å². The minimum atomic E-state index is -0.337. The summed E-state index contributed by atoms with van der Waals surface area (Å²) in [5.74, 6) is 1.24. The molecule has 2 aromatic rings. The summed E-state index contributed by atoms with van der Waals surface area (Å²) in [6.07, 6.45) is 5.13. The lowest BCUT2D eigenvalue weighted by Crippen LogP contribution is -2.62. The van der Waals surface area contributed by atoms with E-state index in [1.165, 1.54) is 6.42 Å². The molecule has 146 valence electrons. The first-order valence-corrected chi connectivity index (χ1v) is 11.0. The molecule has 0 saturated heterocycles. The van der Waals surface area contributed by atoms with Crippen LogP contribution in [0.25, 0.3) is 0 Å². The van der Waals surface area contributed by atoms with Gasteiger partial charge in [-0.05, 0) is 61.6 Å². The zero-order valence-corrected chi connectivity index (χ0v) is 17.3. The molecule has 2 aromatic carbocycles. The van der Waals surface area contributed by atoms with E-state index in [0.717, 1.165) is 31.2 Å². The molecule has 0 radical (unpaired) electrons. The molecule has 2 nitrogen and oxygen atoms in total. The van der Waals surface area contributed by atoms with E-state index in [4.69, 9.17) is 23.2 Å². The average Bonchev–Trinajstić information content (AvgIpc) is 2.66. The number of rotatable bonds is 4. The fourth-order valence-electron chi connectivity index (χ4n) is 6.42. The molecule has 4 aliphatic carbocycles. The van der Waals surface area contributed by atoms with E-state index in [1.807, 2.05) is 48.5 Å². The van der Waals surface area contributed by atoms with Crippen molar-refractivity contribution in [1.82, 2.24) is 5.32 Å². The van der Waals surface area contributed by atoms with Crippen molar-refractivity contribution >= 4 is 29.1 Å². The summed E-state index contributed by atoms with van der Waals surface area (Å²) < 4.78 is 0. The Morgan fingerprint density at radius 3 is 2.29 bits per heavy atom. The van der Waals surface area contributed by atoms with Crippen LogP contribution in [0, 0.1) is 17.8 Å². The van der Waals surface area contributed by atoms with E-state index in [9.17, 15) is 4.79 Å². The molecule has 0 heterocycles. The highest BCUT2D eigenvalue weighted by Gasteiger charge is 2.63. The van der Waals surface area contributed by atoms with E-state index < -0.39 is 0 Å². The molecule has 1 amide bonds. The summed E-state index contributed by atoms with van der Waals surface area (Å²) in [6.45, 7) is 0. The van der Waals surface area contributed by atoms with E-state index in [2.05, 4.69) is 17.4 Å². The maximum absolute atomic E-state index is 13.1. The van der Waals surface area contributed by atoms with Crippen molar-refractivity contribution in [2.24, 2.45) is 17.8 Å². The van der Waals surface area contributed by atoms with Gasteiger partial charge in [-0.3, -0.25) is 4.79 Å². The van der Waals surface area contributed by atoms with Gasteiger partial charge in [0.15, 0.2) is 0 Å². The normalized spacial score (nSPS) is 36.9. The lowest BCUT2D eigenvalue weighted by Gasteiger charge is -2.63. The molecule has 4 bridgehead atoms. The molecule has 4 fully saturated rings. The van der Waals surface area contributed by atoms with Crippen LogP contribution in [0.2, 0.25) is 0 Å². The highest BCUT2D eigenvalue weighted by molar-refractivity contribution is 6.28. The van der Waals surface area contributed by atoms with E-state index >= 15 is 0 Å². The Kier molecular flexibility index (Phi) is 4.48. The van der Waals surface area contributed by atoms with Crippen LogP contribution in [0.1, 0.15) is 54.1 Å². The lowest BCUT2D eigenvalue weighted by molar-refractivity contribution is -0.0237. The molecule has 1 N–H and O–H groups in total. The number of nitrogens with one attached hydrogen (secondary N) is 1. The number of carbonyl (C=O) groups is 1. The fraction of sp³-hybridized carbons (Fsp3) is 0.458. The summed E-state index contributed by atoms with van der Waals surface area (Å²) in [5, 5.41) is 3.35. The summed E-state index contributed by atoms with van der Waals surface area (Å²) in [6, 6.07) is 19.7. The molecule has 0 aromatic heterocycles. The third-order valence-electron chi connectivity index (χ3n) is 7.10. The average molecular weight is 414 g/mol. The highest BCUT2D eigenvalue weighted by atomic mass is 35.5. The number of carbonyl (C=O) groups excluding carboxylic acids is 1. The van der Waals surface area contributed by atoms with Crippen molar-refractivity contribution in [3.63, 3.8) is 0 Å². The number of halogens is 2. The Morgan fingerprint density at radius 2 is 1.64 bits per heavy atom. The number of amides is 1. The van der Waals surface area contributed by atoms with Gasteiger partial charge >= 0.3 is 0 Å². The van der Waals surface area contributed by atoms with Crippen LogP contribution in [0.15, 0.2) is 60.7 Å². The second kappa shape index (κ2) is 6.78. The van der Waals surface area contributed by atoms with Crippen LogP contribution in [0.3, 0.4) is 0 Å². The van der Waals surface area contributed by atoms with Crippen LogP contribution in [-0.2, 0) is 0 Å². The Hall–Kier alpha value is -1.51. The van der Waals surface area contributed by atoms with Crippen molar-refractivity contribution in [2.75, 3.05) is 0 Å². The zero-order chi connectivity index (χ0) is 19.4. The molecule has 4 heteroatoms. The lowest BCUT2D eigenvalue weighted by atomic mass is 9.49. The van der Waals surface area contributed by atoms with Crippen molar-refractivity contribution in [1.29, 1.82) is 0 Å². The van der Waals surface area contributed by atoms with Crippen LogP contribution in [0.5, 0.6) is 0 Å². The second-order valence-electron chi connectivity index (χ2n) is 9.09. The third-order valence-corrected chi connectivity index (χ3v) is 8.09. The molecule has 0 spiro atoms. The van der Waals surface area contributed by atoms with Gasteiger partial charge in [0.1, 0.15) is 0 Å². The van der Waals surface area contributed by atoms with Crippen LogP contribution >= 0.6 is 23.2 Å². The SMILES string of the molecule is O=C(N[C@@H](c1ccccc1)[C@H]1[C@H]2C[C@@H]3C[C@](Cl)(C2)C[C@@]1(Cl)C3)c1ccccc1. The molecule has 4 aliphatic rings. The molecular formula is C24H25Cl2NO. The maximum atomic E-state index is 13.1. The quantitative estimate of drug-likeness (QED) is 0.616. The minimum absolute atomic E-state index is 0.0379. The van der Waals surface area contributed by atoms with Gasteiger partial charge < -0.3 is 5.32 Å². The summed E-state index contributed by atoms with van der Waals surface area (Å²) in [7, 11) is 0. The smallest absolute Gasteiger partial charge is 0.251 e. The molecule has 0 aliphatic heterocycles. The largest absolute Gasteiger partial charge is 0.345 e. The fourth-order valence-corrected chi connectivity index (χ4v) is 7.92. The van der Waals surface area contributed by atoms with Gasteiger partial charge in [-0.2, -0.15) is 0 Å². The minimum Gasteiger partial charge on any atom is -0.345 e. The zero-order valence-electron chi connectivity index (χ0n) is 15.8. The predicted molar refractivity (Wildman–Crippen MR) is 114 cm³/mol. The number of hydrogen-bond acceptors (Lipinski definition) is 1. The van der Waals surface area contributed by atoms with Crippen molar-refractivity contribution in [2.45, 2.75) is 47.9 Å². The van der Waals surface area contributed by atoms with Crippen molar-refractivity contribution < 1.29 is 4.79 Å². The van der Waals surface area contributed by atoms with Gasteiger partial charge in [-0.15, -0.1) is 23.2 Å². The predicted octanol–water partition coefficient (Wildman–Crippen LogP) is 5.95. The standard InChI is InChI=1S/C24H25Cl2NO/c25-23-12-16-11-19(14-23)20(24(26,13-16)15-23)21(17-7-3-1-4-8-17)27-22(28)18-9-5-2-6-10-18/h1-10,16,19-21H,11-15H2,(H,27,28)/t16-,19+,20-,21+,23+,24+/m1/s1. The Bertz CT molecular complexity index is 873. The molecule has 28 heavy (non-hydrogen) atoms. The molecule has 6 atom stereocenters. The van der Waals surface area contributed by atoms with Gasteiger partial charge in [0, 0.05) is 16.4 Å². The number of hydrogen-bond donors (Lipinski definition) is 1. The van der Waals surface area contributed by atoms with Gasteiger partial charge in [-0.25, -0.2) is 0 Å². The van der Waals surface area contributed by atoms with Gasteiger partial charge in [0.25, 0.3) is 5.91 Å². The molecule has 0 unspecified atom stereocenters. The van der Waals surface area contributed by atoms with Crippen molar-refractivity contribution in [3.05, 3.63) is 71.8 Å². The monoisotopic (exact) mass is 413 g/mol. The number of benzene rings is 2. The highest BCUT2D eigenvalue weighted by Crippen LogP contribution is 2.66. The topological polar surface area (TPSA) is 29.1 Å². The molecule has 4 saturated carbocycles.